The van der Waals surface area contributed by atoms with E-state index in [0.29, 0.717) is 12.8 Å². The van der Waals surface area contributed by atoms with Gasteiger partial charge in [-0.2, -0.15) is 13.2 Å². The Morgan fingerprint density at radius 2 is 1.63 bits per heavy atom. The largest absolute Gasteiger partial charge is 0.460 e. The van der Waals surface area contributed by atoms with E-state index in [2.05, 4.69) is 29.2 Å². The van der Waals surface area contributed by atoms with Crippen molar-refractivity contribution in [3.63, 3.8) is 0 Å². The molecule has 14 nitrogen and oxygen atoms in total. The normalized spacial score (nSPS) is 20.3. The molecule has 0 saturated carbocycles. The van der Waals surface area contributed by atoms with Crippen molar-refractivity contribution in [3.05, 3.63) is 53.1 Å². The number of aliphatic hydroxyl groups is 2. The first-order valence-corrected chi connectivity index (χ1v) is 20.6. The molecule has 17 heteroatoms. The van der Waals surface area contributed by atoms with Gasteiger partial charge in [0.1, 0.15) is 30.0 Å². The van der Waals surface area contributed by atoms with Crippen molar-refractivity contribution < 1.29 is 71.0 Å². The molecular formula is C43H61F3N2O12. The van der Waals surface area contributed by atoms with Gasteiger partial charge in [0.25, 0.3) is 0 Å². The molecule has 1 aliphatic carbocycles. The highest BCUT2D eigenvalue weighted by Gasteiger charge is 2.52. The highest BCUT2D eigenvalue weighted by atomic mass is 19.4. The lowest BCUT2D eigenvalue weighted by Gasteiger charge is -2.32. The maximum Gasteiger partial charge on any atom is 0.422 e. The zero-order valence-electron chi connectivity index (χ0n) is 35.3. The molecule has 0 radical (unpaired) electrons. The zero-order chi connectivity index (χ0) is 44.7. The number of benzene rings is 1. The van der Waals surface area contributed by atoms with E-state index < -0.39 is 97.0 Å². The van der Waals surface area contributed by atoms with E-state index in [1.54, 1.807) is 32.9 Å². The first-order valence-electron chi connectivity index (χ1n) is 20.6. The van der Waals surface area contributed by atoms with Crippen molar-refractivity contribution in [2.24, 2.45) is 0 Å². The van der Waals surface area contributed by atoms with Crippen molar-refractivity contribution in [1.82, 2.24) is 10.6 Å². The van der Waals surface area contributed by atoms with E-state index >= 15 is 0 Å². The summed E-state index contributed by atoms with van der Waals surface area (Å²) in [7, 11) is 0. The summed E-state index contributed by atoms with van der Waals surface area (Å²) in [5.41, 5.74) is -0.560. The van der Waals surface area contributed by atoms with E-state index in [-0.39, 0.29) is 36.0 Å². The van der Waals surface area contributed by atoms with Gasteiger partial charge in [-0.05, 0) is 70.7 Å². The molecular weight excluding hydrogens is 793 g/mol. The van der Waals surface area contributed by atoms with Crippen LogP contribution in [0.1, 0.15) is 128 Å². The van der Waals surface area contributed by atoms with E-state index in [1.807, 2.05) is 0 Å². The summed E-state index contributed by atoms with van der Waals surface area (Å²) in [6.07, 6.45) is 0.521. The Hall–Kier alpha value is -4.32. The first kappa shape index (κ1) is 50.0. The molecule has 6 unspecified atom stereocenters. The number of hydrogen-bond acceptors (Lipinski definition) is 12. The van der Waals surface area contributed by atoms with Gasteiger partial charge < -0.3 is 44.5 Å². The molecule has 0 bridgehead atoms. The molecule has 3 rings (SSSR count). The highest BCUT2D eigenvalue weighted by Crippen LogP contribution is 2.43. The number of amides is 2. The number of nitrogens with one attached hydrogen (secondary N) is 2. The molecule has 1 aromatic carbocycles. The number of unbranched alkanes of at least 4 members (excludes halogenated alkanes) is 4. The number of carbonyl (C=O) groups excluding carboxylic acids is 5. The number of alkyl halides is 3. The lowest BCUT2D eigenvalue weighted by molar-refractivity contribution is -0.190. The third-order valence-corrected chi connectivity index (χ3v) is 9.74. The Kier molecular flexibility index (Phi) is 19.2. The van der Waals surface area contributed by atoms with Crippen LogP contribution in [0, 0.1) is 0 Å². The number of esters is 3. The number of rotatable bonds is 22. The van der Waals surface area contributed by atoms with E-state index in [4.69, 9.17) is 18.9 Å². The smallest absolute Gasteiger partial charge is 0.422 e. The van der Waals surface area contributed by atoms with Crippen molar-refractivity contribution >= 4 is 35.8 Å². The zero-order valence-corrected chi connectivity index (χ0v) is 35.3. The number of aliphatic hydroxyl groups excluding tert-OH is 2. The average molecular weight is 855 g/mol. The van der Waals surface area contributed by atoms with Crippen LogP contribution in [-0.4, -0.2) is 107 Å². The molecule has 0 spiro atoms. The van der Waals surface area contributed by atoms with Crippen molar-refractivity contribution in [2.45, 2.75) is 166 Å². The molecule has 1 heterocycles. The van der Waals surface area contributed by atoms with E-state index in [1.165, 1.54) is 25.1 Å². The third-order valence-electron chi connectivity index (χ3n) is 9.74. The summed E-state index contributed by atoms with van der Waals surface area (Å²) >= 11 is 0. The van der Waals surface area contributed by atoms with Gasteiger partial charge in [0.2, 0.25) is 11.8 Å². The Balaban J connectivity index is 1.89. The van der Waals surface area contributed by atoms with E-state index in [0.717, 1.165) is 50.7 Å². The fraction of sp³-hybridized carbons (Fsp3) is 0.651. The van der Waals surface area contributed by atoms with Crippen LogP contribution in [0.25, 0.3) is 6.08 Å². The van der Waals surface area contributed by atoms with Crippen LogP contribution in [-0.2, 0) is 42.9 Å². The monoisotopic (exact) mass is 854 g/mol. The second-order valence-corrected chi connectivity index (χ2v) is 16.2. The maximum absolute atomic E-state index is 14.0. The van der Waals surface area contributed by atoms with Crippen LogP contribution in [0.15, 0.2) is 42.0 Å². The maximum atomic E-state index is 14.0. The molecule has 2 aliphatic rings. The van der Waals surface area contributed by atoms with Crippen molar-refractivity contribution in [1.29, 1.82) is 0 Å². The molecule has 1 fully saturated rings. The van der Waals surface area contributed by atoms with Crippen LogP contribution in [0.4, 0.5) is 13.2 Å². The number of halogens is 3. The number of ether oxygens (including phenoxy) is 5. The van der Waals surface area contributed by atoms with Crippen LogP contribution >= 0.6 is 0 Å². The van der Waals surface area contributed by atoms with Gasteiger partial charge in [-0.15, -0.1) is 0 Å². The molecule has 4 N–H and O–H groups in total. The molecule has 1 aliphatic heterocycles. The van der Waals surface area contributed by atoms with Crippen LogP contribution in [0.2, 0.25) is 0 Å². The van der Waals surface area contributed by atoms with Crippen LogP contribution in [0.3, 0.4) is 0 Å². The van der Waals surface area contributed by atoms with Gasteiger partial charge in [-0.25, -0.2) is 9.59 Å². The summed E-state index contributed by atoms with van der Waals surface area (Å²) in [4.78, 5) is 65.5. The minimum atomic E-state index is -4.72. The second-order valence-electron chi connectivity index (χ2n) is 16.2. The summed E-state index contributed by atoms with van der Waals surface area (Å²) in [6, 6.07) is 3.53. The molecule has 1 aromatic rings. The van der Waals surface area contributed by atoms with Gasteiger partial charge in [0.05, 0.1) is 24.3 Å². The summed E-state index contributed by atoms with van der Waals surface area (Å²) in [5.74, 6) is -5.34. The van der Waals surface area contributed by atoms with Gasteiger partial charge in [0, 0.05) is 37.3 Å². The fourth-order valence-corrected chi connectivity index (χ4v) is 6.81. The predicted octanol–water partition coefficient (Wildman–Crippen LogP) is 5.77. The van der Waals surface area contributed by atoms with Crippen LogP contribution in [0.5, 0.6) is 0 Å². The Morgan fingerprint density at radius 3 is 2.22 bits per heavy atom. The number of carbonyl (C=O) groups is 5. The van der Waals surface area contributed by atoms with Gasteiger partial charge in [-0.1, -0.05) is 57.7 Å². The molecule has 6 atom stereocenters. The van der Waals surface area contributed by atoms with Crippen molar-refractivity contribution in [2.75, 3.05) is 13.2 Å². The Bertz CT molecular complexity index is 1660. The number of hydrogen-bond donors (Lipinski definition) is 4. The molecule has 336 valence electrons. The lowest BCUT2D eigenvalue weighted by Crippen LogP contribution is -2.55. The SMILES string of the molecule is CCCCCC1(CCCCC)OC2C=C(C(=O)NC(C(=O)NC(CO)CCC(=O)OC(C)(C)C)C(C)O)CC(OC(=O)c3ccccc3C=CC(=O)OCC(F)(F)F)C2O1. The molecule has 1 saturated heterocycles. The Labute approximate surface area is 349 Å². The summed E-state index contributed by atoms with van der Waals surface area (Å²) < 4.78 is 66.5. The average Bonchev–Trinajstić information content (AvgIpc) is 3.54. The lowest BCUT2D eigenvalue weighted by atomic mass is 9.91. The minimum absolute atomic E-state index is 0.0234. The summed E-state index contributed by atoms with van der Waals surface area (Å²) in [6.45, 7) is 8.24. The third kappa shape index (κ3) is 16.3. The first-order chi connectivity index (χ1) is 28.2. The van der Waals surface area contributed by atoms with Crippen molar-refractivity contribution in [3.8, 4) is 0 Å². The topological polar surface area (TPSA) is 196 Å². The Morgan fingerprint density at radius 1 is 0.983 bits per heavy atom. The molecule has 2 amide bonds. The summed E-state index contributed by atoms with van der Waals surface area (Å²) in [5, 5.41) is 25.7. The second kappa shape index (κ2) is 23.0. The quantitative estimate of drug-likeness (QED) is 0.0477. The van der Waals surface area contributed by atoms with Gasteiger partial charge in [-0.3, -0.25) is 14.4 Å². The predicted molar refractivity (Wildman–Crippen MR) is 213 cm³/mol. The van der Waals surface area contributed by atoms with Gasteiger partial charge >= 0.3 is 24.1 Å². The molecule has 60 heavy (non-hydrogen) atoms. The highest BCUT2D eigenvalue weighted by molar-refractivity contribution is 5.98. The minimum Gasteiger partial charge on any atom is -0.460 e. The molecule has 0 aromatic heterocycles. The van der Waals surface area contributed by atoms with Gasteiger partial charge in [0.15, 0.2) is 12.4 Å². The standard InChI is InChI=1S/C43H61F3N2O12/c1-7-9-13-21-42(22-14-10-8-2)58-33-24-29(38(53)48-36(27(3)50)39(54)47-30(25-49)18-20-35(52)59-41(4,5)6)23-32(37(33)60-42)57-40(55)31-16-12-11-15-28(31)17-19-34(51)56-26-43(44,45)46/h11-12,15-17,19,24,27,30,32-33,36-37,49-50H,7-10,13-14,18,20-23,25-26H2,1-6H3,(H,47,54)(H,48,53). The number of fused-ring (bicyclic) bond motifs is 1. The van der Waals surface area contributed by atoms with Crippen LogP contribution < -0.4 is 10.6 Å². The van der Waals surface area contributed by atoms with E-state index in [9.17, 15) is 47.4 Å². The fourth-order valence-electron chi connectivity index (χ4n) is 6.81.